The molecule has 1 saturated heterocycles. The topological polar surface area (TPSA) is 55.2 Å². The van der Waals surface area contributed by atoms with Crippen molar-refractivity contribution in [2.24, 2.45) is 0 Å². The zero-order valence-corrected chi connectivity index (χ0v) is 12.7. The van der Waals surface area contributed by atoms with Gasteiger partial charge in [-0.3, -0.25) is 14.2 Å². The highest BCUT2D eigenvalue weighted by Crippen LogP contribution is 2.39. The van der Waals surface area contributed by atoms with Crippen LogP contribution in [0.3, 0.4) is 0 Å². The van der Waals surface area contributed by atoms with E-state index in [2.05, 4.69) is 4.98 Å². The first kappa shape index (κ1) is 13.2. The highest BCUT2D eigenvalue weighted by atomic mass is 16.2. The molecule has 0 bridgehead atoms. The van der Waals surface area contributed by atoms with Crippen LogP contribution < -0.4 is 0 Å². The molecule has 0 aliphatic carbocycles. The van der Waals surface area contributed by atoms with Gasteiger partial charge in [-0.05, 0) is 31.9 Å². The SMILES string of the molecule is CC(=O)c1ncn2c1[C@@H]1CCCN1C(=O)c1cc(C)ccc1-2. The van der Waals surface area contributed by atoms with Gasteiger partial charge in [0.15, 0.2) is 5.78 Å². The van der Waals surface area contributed by atoms with Crippen molar-refractivity contribution >= 4 is 11.7 Å². The number of benzene rings is 1. The number of hydrogen-bond acceptors (Lipinski definition) is 3. The predicted octanol–water partition coefficient (Wildman–Crippen LogP) is 2.67. The summed E-state index contributed by atoms with van der Waals surface area (Å²) in [5.41, 5.74) is 3.91. The smallest absolute Gasteiger partial charge is 0.256 e. The fourth-order valence-corrected chi connectivity index (χ4v) is 3.62. The van der Waals surface area contributed by atoms with Crippen LogP contribution >= 0.6 is 0 Å². The molecule has 1 aromatic heterocycles. The lowest BCUT2D eigenvalue weighted by Gasteiger charge is -2.22. The molecule has 1 amide bonds. The number of aromatic nitrogens is 2. The molecule has 0 spiro atoms. The number of hydrogen-bond donors (Lipinski definition) is 0. The van der Waals surface area contributed by atoms with E-state index >= 15 is 0 Å². The van der Waals surface area contributed by atoms with Crippen LogP contribution in [0, 0.1) is 6.92 Å². The Kier molecular flexibility index (Phi) is 2.73. The van der Waals surface area contributed by atoms with Crippen molar-refractivity contribution in [2.45, 2.75) is 32.7 Å². The second kappa shape index (κ2) is 4.53. The summed E-state index contributed by atoms with van der Waals surface area (Å²) in [4.78, 5) is 31.1. The minimum absolute atomic E-state index is 0.0522. The Balaban J connectivity index is 2.05. The molecule has 0 unspecified atom stereocenters. The highest BCUT2D eigenvalue weighted by Gasteiger charge is 2.39. The Morgan fingerprint density at radius 2 is 2.18 bits per heavy atom. The molecular formula is C17H17N3O2. The van der Waals surface area contributed by atoms with Crippen LogP contribution in [0.2, 0.25) is 0 Å². The quantitative estimate of drug-likeness (QED) is 0.760. The van der Waals surface area contributed by atoms with Gasteiger partial charge >= 0.3 is 0 Å². The second-order valence-electron chi connectivity index (χ2n) is 6.08. The Hall–Kier alpha value is -2.43. The van der Waals surface area contributed by atoms with Crippen LogP contribution in [0.5, 0.6) is 0 Å². The summed E-state index contributed by atoms with van der Waals surface area (Å²) in [6.45, 7) is 4.25. The molecule has 5 heteroatoms. The molecule has 22 heavy (non-hydrogen) atoms. The fraction of sp³-hybridized carbons (Fsp3) is 0.353. The molecule has 1 atom stereocenters. The van der Waals surface area contributed by atoms with Crippen LogP contribution in [-0.4, -0.2) is 32.7 Å². The summed E-state index contributed by atoms with van der Waals surface area (Å²) in [6.07, 6.45) is 3.51. The Morgan fingerprint density at radius 3 is 2.95 bits per heavy atom. The van der Waals surface area contributed by atoms with Gasteiger partial charge in [0.05, 0.1) is 23.0 Å². The molecule has 0 radical (unpaired) electrons. The van der Waals surface area contributed by atoms with Gasteiger partial charge < -0.3 is 4.90 Å². The van der Waals surface area contributed by atoms with Crippen molar-refractivity contribution in [3.63, 3.8) is 0 Å². The maximum absolute atomic E-state index is 12.9. The summed E-state index contributed by atoms with van der Waals surface area (Å²) < 4.78 is 1.93. The summed E-state index contributed by atoms with van der Waals surface area (Å²) >= 11 is 0. The summed E-state index contributed by atoms with van der Waals surface area (Å²) in [5, 5.41) is 0. The van der Waals surface area contributed by atoms with Gasteiger partial charge in [0.25, 0.3) is 5.91 Å². The Labute approximate surface area is 128 Å². The molecule has 1 fully saturated rings. The number of nitrogens with zero attached hydrogens (tertiary/aromatic N) is 3. The number of ketones is 1. The Bertz CT molecular complexity index is 806. The number of carbonyl (C=O) groups excluding carboxylic acids is 2. The van der Waals surface area contributed by atoms with E-state index in [1.54, 1.807) is 6.33 Å². The van der Waals surface area contributed by atoms with Crippen LogP contribution in [0.15, 0.2) is 24.5 Å². The molecule has 4 rings (SSSR count). The van der Waals surface area contributed by atoms with Crippen molar-refractivity contribution in [3.05, 3.63) is 47.0 Å². The van der Waals surface area contributed by atoms with Crippen molar-refractivity contribution < 1.29 is 9.59 Å². The number of fused-ring (bicyclic) bond motifs is 5. The van der Waals surface area contributed by atoms with E-state index in [4.69, 9.17) is 0 Å². The van der Waals surface area contributed by atoms with Crippen LogP contribution in [0.25, 0.3) is 5.69 Å². The number of carbonyl (C=O) groups is 2. The largest absolute Gasteiger partial charge is 0.330 e. The van der Waals surface area contributed by atoms with E-state index in [1.165, 1.54) is 6.92 Å². The number of Topliss-reactive ketones (excluding diaryl/α,β-unsaturated/α-hetero) is 1. The molecular weight excluding hydrogens is 278 g/mol. The zero-order valence-electron chi connectivity index (χ0n) is 12.7. The molecule has 0 saturated carbocycles. The third-order valence-electron chi connectivity index (χ3n) is 4.61. The van der Waals surface area contributed by atoms with Gasteiger partial charge in [-0.25, -0.2) is 4.98 Å². The molecule has 2 aliphatic rings. The lowest BCUT2D eigenvalue weighted by atomic mass is 10.1. The number of amides is 1. The van der Waals surface area contributed by atoms with Crippen molar-refractivity contribution in [3.8, 4) is 5.69 Å². The van der Waals surface area contributed by atoms with Gasteiger partial charge in [-0.15, -0.1) is 0 Å². The van der Waals surface area contributed by atoms with Crippen molar-refractivity contribution in [1.29, 1.82) is 0 Å². The van der Waals surface area contributed by atoms with E-state index in [1.807, 2.05) is 34.6 Å². The highest BCUT2D eigenvalue weighted by molar-refractivity contribution is 6.00. The van der Waals surface area contributed by atoms with Gasteiger partial charge in [-0.1, -0.05) is 11.6 Å². The van der Waals surface area contributed by atoms with E-state index < -0.39 is 0 Å². The van der Waals surface area contributed by atoms with Crippen LogP contribution in [-0.2, 0) is 0 Å². The standard InChI is InChI=1S/C17H17N3O2/c1-10-5-6-13-12(8-10)17(22)19-7-3-4-14(19)16-15(11(2)21)18-9-20(13)16/h5-6,8-9,14H,3-4,7H2,1-2H3/t14-/m0/s1. The van der Waals surface area contributed by atoms with Gasteiger partial charge in [0.1, 0.15) is 12.0 Å². The van der Waals surface area contributed by atoms with E-state index in [9.17, 15) is 9.59 Å². The molecule has 2 aliphatic heterocycles. The average Bonchev–Trinajstić information content (AvgIpc) is 3.10. The molecule has 112 valence electrons. The van der Waals surface area contributed by atoms with E-state index in [0.29, 0.717) is 11.3 Å². The molecule has 0 N–H and O–H groups in total. The normalized spacial score (nSPS) is 19.5. The predicted molar refractivity (Wildman–Crippen MR) is 81.3 cm³/mol. The number of aryl methyl sites for hydroxylation is 1. The lowest BCUT2D eigenvalue weighted by Crippen LogP contribution is -2.30. The third-order valence-corrected chi connectivity index (χ3v) is 4.61. The maximum Gasteiger partial charge on any atom is 0.256 e. The zero-order chi connectivity index (χ0) is 15.4. The van der Waals surface area contributed by atoms with Gasteiger partial charge in [-0.2, -0.15) is 0 Å². The first-order valence-electron chi connectivity index (χ1n) is 7.58. The minimum atomic E-state index is -0.0541. The van der Waals surface area contributed by atoms with Crippen LogP contribution in [0.1, 0.15) is 57.9 Å². The Morgan fingerprint density at radius 1 is 1.36 bits per heavy atom. The van der Waals surface area contributed by atoms with Crippen LogP contribution in [0.4, 0.5) is 0 Å². The van der Waals surface area contributed by atoms with Crippen molar-refractivity contribution in [2.75, 3.05) is 6.54 Å². The summed E-state index contributed by atoms with van der Waals surface area (Å²) in [6, 6.07) is 5.80. The molecule has 5 nitrogen and oxygen atoms in total. The van der Waals surface area contributed by atoms with E-state index in [0.717, 1.165) is 36.3 Å². The first-order chi connectivity index (χ1) is 10.6. The third kappa shape index (κ3) is 1.68. The number of rotatable bonds is 1. The lowest BCUT2D eigenvalue weighted by molar-refractivity contribution is 0.0736. The molecule has 2 aromatic rings. The van der Waals surface area contributed by atoms with Gasteiger partial charge in [0, 0.05) is 13.5 Å². The maximum atomic E-state index is 12.9. The molecule has 3 heterocycles. The number of imidazole rings is 1. The van der Waals surface area contributed by atoms with E-state index in [-0.39, 0.29) is 17.7 Å². The van der Waals surface area contributed by atoms with Crippen molar-refractivity contribution in [1.82, 2.24) is 14.5 Å². The summed E-state index contributed by atoms with van der Waals surface area (Å²) in [5.74, 6) is 0.00279. The summed E-state index contributed by atoms with van der Waals surface area (Å²) in [7, 11) is 0. The second-order valence-corrected chi connectivity index (χ2v) is 6.08. The fourth-order valence-electron chi connectivity index (χ4n) is 3.62. The monoisotopic (exact) mass is 295 g/mol. The average molecular weight is 295 g/mol. The molecule has 1 aromatic carbocycles. The first-order valence-corrected chi connectivity index (χ1v) is 7.58. The van der Waals surface area contributed by atoms with Gasteiger partial charge in [0.2, 0.25) is 0 Å². The minimum Gasteiger partial charge on any atom is -0.330 e.